The maximum absolute atomic E-state index is 11.1. The molecule has 0 saturated carbocycles. The lowest BCUT2D eigenvalue weighted by Gasteiger charge is -2.28. The van der Waals surface area contributed by atoms with Gasteiger partial charge in [0.15, 0.2) is 0 Å². The number of nitrogens with zero attached hydrogens (tertiary/aromatic N) is 2. The lowest BCUT2D eigenvalue weighted by molar-refractivity contribution is -0.116. The van der Waals surface area contributed by atoms with Crippen molar-refractivity contribution in [3.8, 4) is 0 Å². The van der Waals surface area contributed by atoms with Gasteiger partial charge in [0.05, 0.1) is 12.2 Å². The molecule has 0 aliphatic heterocycles. The Balaban J connectivity index is 3.18. The number of rotatable bonds is 5. The Kier molecular flexibility index (Phi) is 4.03. The highest BCUT2D eigenvalue weighted by Crippen LogP contribution is 2.21. The summed E-state index contributed by atoms with van der Waals surface area (Å²) in [7, 11) is 0. The highest BCUT2D eigenvalue weighted by atomic mass is 16.4. The molecule has 0 radical (unpaired) electrons. The van der Waals surface area contributed by atoms with Crippen molar-refractivity contribution in [3.05, 3.63) is 24.0 Å². The van der Waals surface area contributed by atoms with Crippen LogP contribution in [0.1, 0.15) is 24.2 Å². The first-order valence-corrected chi connectivity index (χ1v) is 5.15. The SMILES string of the molecule is CC(C)N(CC(N)=O)c1ccncc1C(=O)O. The number of nitrogens with two attached hydrogens (primary N) is 1. The molecule has 0 aromatic carbocycles. The fourth-order valence-electron chi connectivity index (χ4n) is 1.52. The molecule has 0 aliphatic rings. The van der Waals surface area contributed by atoms with Crippen molar-refractivity contribution >= 4 is 17.6 Å². The van der Waals surface area contributed by atoms with E-state index in [1.54, 1.807) is 11.0 Å². The Hall–Kier alpha value is -2.11. The van der Waals surface area contributed by atoms with Crippen LogP contribution in [0.15, 0.2) is 18.5 Å². The average Bonchev–Trinajstić information content (AvgIpc) is 2.25. The van der Waals surface area contributed by atoms with Crippen LogP contribution < -0.4 is 10.6 Å². The summed E-state index contributed by atoms with van der Waals surface area (Å²) >= 11 is 0. The summed E-state index contributed by atoms with van der Waals surface area (Å²) in [5.41, 5.74) is 5.65. The number of anilines is 1. The van der Waals surface area contributed by atoms with E-state index < -0.39 is 11.9 Å². The lowest BCUT2D eigenvalue weighted by atomic mass is 10.1. The maximum Gasteiger partial charge on any atom is 0.339 e. The van der Waals surface area contributed by atoms with Crippen molar-refractivity contribution in [3.63, 3.8) is 0 Å². The summed E-state index contributed by atoms with van der Waals surface area (Å²) in [6.45, 7) is 3.69. The zero-order chi connectivity index (χ0) is 13.0. The van der Waals surface area contributed by atoms with Gasteiger partial charge in [-0.3, -0.25) is 9.78 Å². The Morgan fingerprint density at radius 2 is 2.18 bits per heavy atom. The molecule has 1 amide bonds. The van der Waals surface area contributed by atoms with E-state index in [-0.39, 0.29) is 18.2 Å². The number of hydrogen-bond donors (Lipinski definition) is 2. The van der Waals surface area contributed by atoms with E-state index in [9.17, 15) is 9.59 Å². The first-order valence-electron chi connectivity index (χ1n) is 5.15. The zero-order valence-electron chi connectivity index (χ0n) is 9.75. The van der Waals surface area contributed by atoms with Gasteiger partial charge in [-0.2, -0.15) is 0 Å². The van der Waals surface area contributed by atoms with Crippen LogP contribution in [0.4, 0.5) is 5.69 Å². The van der Waals surface area contributed by atoms with Gasteiger partial charge in [-0.1, -0.05) is 0 Å². The molecular weight excluding hydrogens is 222 g/mol. The van der Waals surface area contributed by atoms with Gasteiger partial charge in [0.2, 0.25) is 5.91 Å². The number of carboxylic acids is 1. The largest absolute Gasteiger partial charge is 0.478 e. The number of carbonyl (C=O) groups is 2. The van der Waals surface area contributed by atoms with Crippen molar-refractivity contribution in [2.45, 2.75) is 19.9 Å². The fraction of sp³-hybridized carbons (Fsp3) is 0.364. The summed E-state index contributed by atoms with van der Waals surface area (Å²) in [4.78, 5) is 27.4. The first-order chi connectivity index (χ1) is 7.93. The molecule has 3 N–H and O–H groups in total. The number of aromatic carboxylic acids is 1. The molecule has 1 aromatic heterocycles. The second kappa shape index (κ2) is 5.29. The van der Waals surface area contributed by atoms with E-state index in [0.717, 1.165) is 0 Å². The highest BCUT2D eigenvalue weighted by Gasteiger charge is 2.19. The molecule has 0 unspecified atom stereocenters. The summed E-state index contributed by atoms with van der Waals surface area (Å²) < 4.78 is 0. The third-order valence-electron chi connectivity index (χ3n) is 2.29. The molecule has 0 spiro atoms. The molecule has 1 aromatic rings. The predicted molar refractivity (Wildman–Crippen MR) is 62.9 cm³/mol. The highest BCUT2D eigenvalue weighted by molar-refractivity contribution is 5.95. The molecule has 17 heavy (non-hydrogen) atoms. The third kappa shape index (κ3) is 3.17. The number of amides is 1. The van der Waals surface area contributed by atoms with E-state index in [1.165, 1.54) is 12.4 Å². The second-order valence-electron chi connectivity index (χ2n) is 3.89. The van der Waals surface area contributed by atoms with E-state index in [2.05, 4.69) is 4.98 Å². The zero-order valence-corrected chi connectivity index (χ0v) is 9.75. The molecule has 0 bridgehead atoms. The minimum Gasteiger partial charge on any atom is -0.478 e. The molecule has 6 nitrogen and oxygen atoms in total. The van der Waals surface area contributed by atoms with Gasteiger partial charge in [0.25, 0.3) is 0 Å². The molecule has 92 valence electrons. The lowest BCUT2D eigenvalue weighted by Crippen LogP contribution is -2.39. The minimum atomic E-state index is -1.08. The van der Waals surface area contributed by atoms with Crippen molar-refractivity contribution < 1.29 is 14.7 Å². The molecule has 0 aliphatic carbocycles. The van der Waals surface area contributed by atoms with Crippen LogP contribution >= 0.6 is 0 Å². The summed E-state index contributed by atoms with van der Waals surface area (Å²) in [5.74, 6) is -1.59. The number of hydrogen-bond acceptors (Lipinski definition) is 4. The van der Waals surface area contributed by atoms with Gasteiger partial charge in [-0.05, 0) is 19.9 Å². The van der Waals surface area contributed by atoms with E-state index >= 15 is 0 Å². The normalized spacial score (nSPS) is 10.3. The Bertz CT molecular complexity index is 432. The van der Waals surface area contributed by atoms with Crippen LogP contribution in [-0.2, 0) is 4.79 Å². The van der Waals surface area contributed by atoms with Gasteiger partial charge in [-0.25, -0.2) is 4.79 Å². The van der Waals surface area contributed by atoms with Crippen molar-refractivity contribution in [2.24, 2.45) is 5.73 Å². The van der Waals surface area contributed by atoms with Crippen LogP contribution in [0.2, 0.25) is 0 Å². The topological polar surface area (TPSA) is 96.5 Å². The minimum absolute atomic E-state index is 0.0258. The number of carboxylic acid groups (broad SMARTS) is 1. The maximum atomic E-state index is 11.1. The summed E-state index contributed by atoms with van der Waals surface area (Å²) in [5, 5.41) is 9.05. The van der Waals surface area contributed by atoms with Crippen molar-refractivity contribution in [1.29, 1.82) is 0 Å². The van der Waals surface area contributed by atoms with Gasteiger partial charge < -0.3 is 15.7 Å². The van der Waals surface area contributed by atoms with Crippen molar-refractivity contribution in [1.82, 2.24) is 4.98 Å². The second-order valence-corrected chi connectivity index (χ2v) is 3.89. The van der Waals surface area contributed by atoms with Crippen LogP contribution in [0.3, 0.4) is 0 Å². The van der Waals surface area contributed by atoms with Crippen LogP contribution in [0.25, 0.3) is 0 Å². The van der Waals surface area contributed by atoms with Gasteiger partial charge in [0, 0.05) is 18.4 Å². The number of aromatic nitrogens is 1. The van der Waals surface area contributed by atoms with Crippen LogP contribution in [0, 0.1) is 0 Å². The molecule has 1 rings (SSSR count). The third-order valence-corrected chi connectivity index (χ3v) is 2.29. The molecule has 6 heteroatoms. The predicted octanol–water partition coefficient (Wildman–Crippen LogP) is 0.480. The van der Waals surface area contributed by atoms with Crippen molar-refractivity contribution in [2.75, 3.05) is 11.4 Å². The van der Waals surface area contributed by atoms with Gasteiger partial charge in [-0.15, -0.1) is 0 Å². The van der Waals surface area contributed by atoms with E-state index in [4.69, 9.17) is 10.8 Å². The molecule has 1 heterocycles. The number of pyridine rings is 1. The van der Waals surface area contributed by atoms with Crippen LogP contribution in [-0.4, -0.2) is 34.6 Å². The molecule has 0 atom stereocenters. The molecule has 0 fully saturated rings. The monoisotopic (exact) mass is 237 g/mol. The molecular formula is C11H15N3O3. The Labute approximate surface area is 99.1 Å². The van der Waals surface area contributed by atoms with Gasteiger partial charge >= 0.3 is 5.97 Å². The first kappa shape index (κ1) is 13.0. The smallest absolute Gasteiger partial charge is 0.339 e. The Morgan fingerprint density at radius 1 is 1.53 bits per heavy atom. The number of carbonyl (C=O) groups excluding carboxylic acids is 1. The van der Waals surface area contributed by atoms with E-state index in [1.807, 2.05) is 13.8 Å². The quantitative estimate of drug-likeness (QED) is 0.776. The summed E-state index contributed by atoms with van der Waals surface area (Å²) in [6.07, 6.45) is 2.74. The number of primary amides is 1. The fourth-order valence-corrected chi connectivity index (χ4v) is 1.52. The Morgan fingerprint density at radius 3 is 2.65 bits per heavy atom. The van der Waals surface area contributed by atoms with Crippen LogP contribution in [0.5, 0.6) is 0 Å². The average molecular weight is 237 g/mol. The van der Waals surface area contributed by atoms with Gasteiger partial charge in [0.1, 0.15) is 5.56 Å². The molecule has 0 saturated heterocycles. The standard InChI is InChI=1S/C11H15N3O3/c1-7(2)14(6-10(12)15)9-3-4-13-5-8(9)11(16)17/h3-5,7H,6H2,1-2H3,(H2,12,15)(H,16,17). The summed E-state index contributed by atoms with van der Waals surface area (Å²) in [6, 6.07) is 1.52. The van der Waals surface area contributed by atoms with E-state index in [0.29, 0.717) is 5.69 Å².